The molecule has 11 nitrogen and oxygen atoms in total. The molecular weight excluding hydrogens is 586 g/mol. The highest BCUT2D eigenvalue weighted by atomic mass is 32.2. The van der Waals surface area contributed by atoms with E-state index in [1.54, 1.807) is 6.92 Å². The predicted octanol–water partition coefficient (Wildman–Crippen LogP) is 4.61. The number of hydrogen-bond donors (Lipinski definition) is 2. The highest BCUT2D eigenvalue weighted by Gasteiger charge is 2.67. The maximum atomic E-state index is 15.3. The molecule has 2 amide bonds. The number of rotatable bonds is 11. The van der Waals surface area contributed by atoms with Crippen LogP contribution in [0.15, 0.2) is 29.6 Å². The van der Waals surface area contributed by atoms with Crippen LogP contribution in [0.2, 0.25) is 25.7 Å². The number of pyridine rings is 1. The number of anilines is 1. The molecule has 1 fully saturated rings. The van der Waals surface area contributed by atoms with Gasteiger partial charge in [-0.3, -0.25) is 9.79 Å². The van der Waals surface area contributed by atoms with E-state index in [-0.39, 0.29) is 41.3 Å². The number of halogens is 2. The summed E-state index contributed by atoms with van der Waals surface area (Å²) in [6, 6.07) is 2.20. The van der Waals surface area contributed by atoms with Crippen molar-refractivity contribution in [2.45, 2.75) is 49.3 Å². The van der Waals surface area contributed by atoms with E-state index in [9.17, 15) is 19.1 Å². The Morgan fingerprint density at radius 3 is 2.67 bits per heavy atom. The number of thioether (sulfide) groups is 1. The van der Waals surface area contributed by atoms with E-state index in [1.807, 2.05) is 0 Å². The summed E-state index contributed by atoms with van der Waals surface area (Å²) >= 11 is 1.03. The first-order chi connectivity index (χ1) is 19.8. The number of aliphatic imine (C=N–C) groups is 1. The summed E-state index contributed by atoms with van der Waals surface area (Å²) in [4.78, 5) is 42.4. The molecule has 0 aromatic carbocycles. The van der Waals surface area contributed by atoms with Gasteiger partial charge in [0.05, 0.1) is 34.6 Å². The van der Waals surface area contributed by atoms with Crippen LogP contribution in [0.4, 0.5) is 19.3 Å². The zero-order valence-electron chi connectivity index (χ0n) is 23.7. The van der Waals surface area contributed by atoms with Crippen molar-refractivity contribution < 1.29 is 33.0 Å². The van der Waals surface area contributed by atoms with Crippen molar-refractivity contribution in [3.05, 3.63) is 41.9 Å². The summed E-state index contributed by atoms with van der Waals surface area (Å²) in [5.41, 5.74) is -1.28. The molecule has 0 unspecified atom stereocenters. The average Bonchev–Trinajstić information content (AvgIpc) is 3.68. The van der Waals surface area contributed by atoms with Crippen LogP contribution >= 0.6 is 11.8 Å². The SMILES string of the molecule is C#CCOc1cnc(C(=O)Nc2cnc(F)c([C@@]3(C)N=C(N(COCC[Si](C)(C)C)C(=O)O)S[C@@]4(CF)C[C@H]43)c2)cn1. The Hall–Kier alpha value is -3.61. The minimum Gasteiger partial charge on any atom is -0.465 e. The van der Waals surface area contributed by atoms with E-state index in [1.165, 1.54) is 18.5 Å². The molecule has 224 valence electrons. The van der Waals surface area contributed by atoms with Crippen molar-refractivity contribution in [2.75, 3.05) is 31.9 Å². The molecule has 2 aliphatic rings. The molecule has 4 rings (SSSR count). The molecule has 1 aliphatic carbocycles. The molecule has 2 aromatic heterocycles. The summed E-state index contributed by atoms with van der Waals surface area (Å²) in [5, 5.41) is 12.6. The van der Waals surface area contributed by atoms with Crippen molar-refractivity contribution in [3.63, 3.8) is 0 Å². The topological polar surface area (TPSA) is 139 Å². The fourth-order valence-corrected chi connectivity index (χ4v) is 6.82. The average molecular weight is 619 g/mol. The molecule has 2 aromatic rings. The number of carboxylic acid groups (broad SMARTS) is 1. The molecule has 1 aliphatic heterocycles. The molecule has 0 saturated heterocycles. The molecule has 3 heterocycles. The molecule has 1 saturated carbocycles. The minimum absolute atomic E-state index is 0.00692. The van der Waals surface area contributed by atoms with Gasteiger partial charge in [-0.1, -0.05) is 37.3 Å². The van der Waals surface area contributed by atoms with Crippen molar-refractivity contribution >= 4 is 42.7 Å². The third kappa shape index (κ3) is 6.88. The van der Waals surface area contributed by atoms with Gasteiger partial charge < -0.3 is 19.9 Å². The number of carbonyl (C=O) groups is 2. The minimum atomic E-state index is -1.41. The quantitative estimate of drug-likeness (QED) is 0.121. The van der Waals surface area contributed by atoms with Crippen LogP contribution in [0, 0.1) is 24.2 Å². The summed E-state index contributed by atoms with van der Waals surface area (Å²) in [6.07, 6.45) is 7.74. The van der Waals surface area contributed by atoms with Gasteiger partial charge in [0.15, 0.2) is 11.8 Å². The maximum absolute atomic E-state index is 15.3. The number of ether oxygens (including phenoxy) is 2. The Balaban J connectivity index is 1.59. The first-order valence-corrected chi connectivity index (χ1v) is 17.6. The second-order valence-electron chi connectivity index (χ2n) is 11.4. The van der Waals surface area contributed by atoms with E-state index in [2.05, 4.69) is 50.8 Å². The Bertz CT molecular complexity index is 1420. The number of amidine groups is 1. The fourth-order valence-electron chi connectivity index (χ4n) is 4.55. The Labute approximate surface area is 247 Å². The van der Waals surface area contributed by atoms with Gasteiger partial charge in [0.25, 0.3) is 5.91 Å². The molecule has 42 heavy (non-hydrogen) atoms. The van der Waals surface area contributed by atoms with Gasteiger partial charge >= 0.3 is 6.09 Å². The lowest BCUT2D eigenvalue weighted by molar-refractivity contribution is 0.0701. The molecule has 2 N–H and O–H groups in total. The molecular formula is C27H32F2N6O5SSi. The fraction of sp³-hybridized carbons (Fsp3) is 0.481. The first kappa shape index (κ1) is 31.3. The van der Waals surface area contributed by atoms with Gasteiger partial charge in [-0.05, 0) is 25.5 Å². The van der Waals surface area contributed by atoms with E-state index in [0.717, 1.165) is 28.9 Å². The zero-order chi connectivity index (χ0) is 30.7. The van der Waals surface area contributed by atoms with Crippen LogP contribution in [-0.4, -0.2) is 81.6 Å². The zero-order valence-corrected chi connectivity index (χ0v) is 25.5. The van der Waals surface area contributed by atoms with Gasteiger partial charge in [0.2, 0.25) is 11.8 Å². The number of hydrogen-bond acceptors (Lipinski definition) is 9. The van der Waals surface area contributed by atoms with Crippen molar-refractivity contribution in [2.24, 2.45) is 10.9 Å². The highest BCUT2D eigenvalue weighted by molar-refractivity contribution is 8.15. The molecule has 0 spiro atoms. The van der Waals surface area contributed by atoms with Gasteiger partial charge in [-0.25, -0.2) is 29.0 Å². The standard InChI is InChI=1S/C27H32F2N6O5SSi/c1-6-7-40-21-14-30-19(13-31-21)23(36)33-17-10-18(22(29)32-12-17)26(2)20-11-27(20,15-28)41-24(34-26)35(25(37)38)16-39-8-9-42(3,4)5/h1,10,12-14,20H,7-9,11,15-16H2,2-5H3,(H,33,36)(H,37,38)/t20-,26+,27+/m0/s1. The van der Waals surface area contributed by atoms with Crippen LogP contribution in [-0.2, 0) is 10.3 Å². The van der Waals surface area contributed by atoms with Crippen molar-refractivity contribution in [1.29, 1.82) is 0 Å². The normalized spacial score (nSPS) is 22.8. The number of fused-ring (bicyclic) bond motifs is 1. The van der Waals surface area contributed by atoms with Crippen molar-refractivity contribution in [1.82, 2.24) is 19.9 Å². The number of nitrogens with zero attached hydrogens (tertiary/aromatic N) is 5. The third-order valence-electron chi connectivity index (χ3n) is 7.04. The maximum Gasteiger partial charge on any atom is 0.415 e. The van der Waals surface area contributed by atoms with Gasteiger partial charge in [-0.15, -0.1) is 6.42 Å². The summed E-state index contributed by atoms with van der Waals surface area (Å²) < 4.78 is 39.5. The smallest absolute Gasteiger partial charge is 0.415 e. The molecule has 15 heteroatoms. The lowest BCUT2D eigenvalue weighted by Gasteiger charge is -2.36. The first-order valence-electron chi connectivity index (χ1n) is 13.1. The van der Waals surface area contributed by atoms with Crippen molar-refractivity contribution in [3.8, 4) is 18.2 Å². The van der Waals surface area contributed by atoms with Gasteiger partial charge in [-0.2, -0.15) is 4.39 Å². The third-order valence-corrected chi connectivity index (χ3v) is 10.2. The van der Waals surface area contributed by atoms with Gasteiger partial charge in [0, 0.05) is 26.2 Å². The van der Waals surface area contributed by atoms with E-state index >= 15 is 4.39 Å². The number of terminal acetylenes is 1. The number of carbonyl (C=O) groups excluding carboxylic acids is 1. The Morgan fingerprint density at radius 2 is 2.05 bits per heavy atom. The van der Waals surface area contributed by atoms with Crippen LogP contribution in [0.3, 0.4) is 0 Å². The van der Waals surface area contributed by atoms with E-state index < -0.39 is 48.9 Å². The van der Waals surface area contributed by atoms with Crippen LogP contribution in [0.1, 0.15) is 29.4 Å². The molecule has 0 bridgehead atoms. The van der Waals surface area contributed by atoms with E-state index in [0.29, 0.717) is 13.0 Å². The van der Waals surface area contributed by atoms with Crippen LogP contribution in [0.25, 0.3) is 0 Å². The molecule has 0 radical (unpaired) electrons. The number of alkyl halides is 1. The Kier molecular flexibility index (Phi) is 9.19. The second-order valence-corrected chi connectivity index (χ2v) is 18.4. The van der Waals surface area contributed by atoms with Crippen LogP contribution < -0.4 is 10.1 Å². The Morgan fingerprint density at radius 1 is 1.29 bits per heavy atom. The lowest BCUT2D eigenvalue weighted by atomic mass is 9.86. The second kappa shape index (κ2) is 12.3. The summed E-state index contributed by atoms with van der Waals surface area (Å²) in [6.45, 7) is 7.46. The highest BCUT2D eigenvalue weighted by Crippen LogP contribution is 2.66. The van der Waals surface area contributed by atoms with Crippen LogP contribution in [0.5, 0.6) is 5.88 Å². The van der Waals surface area contributed by atoms with Gasteiger partial charge in [0.1, 0.15) is 19.1 Å². The predicted molar refractivity (Wildman–Crippen MR) is 157 cm³/mol. The monoisotopic (exact) mass is 618 g/mol. The lowest BCUT2D eigenvalue weighted by Crippen LogP contribution is -2.44. The number of amides is 2. The number of nitrogens with one attached hydrogen (secondary N) is 1. The summed E-state index contributed by atoms with van der Waals surface area (Å²) in [5.74, 6) is 0.493. The molecule has 3 atom stereocenters. The van der Waals surface area contributed by atoms with E-state index in [4.69, 9.17) is 15.9 Å². The largest absolute Gasteiger partial charge is 0.465 e. The number of aromatic nitrogens is 3. The summed E-state index contributed by atoms with van der Waals surface area (Å²) in [7, 11) is -1.41.